The number of carboxylic acids is 1. The Balaban J connectivity index is 1.52. The minimum Gasteiger partial charge on any atom is -0.508 e. The van der Waals surface area contributed by atoms with E-state index in [-0.39, 0.29) is 42.6 Å². The fourth-order valence-corrected chi connectivity index (χ4v) is 5.29. The summed E-state index contributed by atoms with van der Waals surface area (Å²) in [5.41, 5.74) is 0.636. The first-order chi connectivity index (χ1) is 18.2. The third-order valence-corrected chi connectivity index (χ3v) is 7.37. The summed E-state index contributed by atoms with van der Waals surface area (Å²) in [6.07, 6.45) is 5.53. The van der Waals surface area contributed by atoms with E-state index >= 15 is 0 Å². The molecule has 10 heteroatoms. The predicted octanol–water partition coefficient (Wildman–Crippen LogP) is 2.42. The second-order valence-corrected chi connectivity index (χ2v) is 10.2. The lowest BCUT2D eigenvalue weighted by Crippen LogP contribution is -2.51. The maximum Gasteiger partial charge on any atom is 0.326 e. The molecule has 0 aliphatic carbocycles. The van der Waals surface area contributed by atoms with Gasteiger partial charge in [0.2, 0.25) is 17.7 Å². The number of carboxylic acid groups (broad SMARTS) is 1. The zero-order valence-electron chi connectivity index (χ0n) is 22.1. The first-order valence-electron chi connectivity index (χ1n) is 13.6. The number of aliphatic carboxylic acids is 1. The highest BCUT2D eigenvalue weighted by atomic mass is 16.4. The summed E-state index contributed by atoms with van der Waals surface area (Å²) >= 11 is 0. The number of hydrogen-bond acceptors (Lipinski definition) is 6. The standard InChI is InChI=1S/C28H39N3O7/c1-2-3-4-9-26(35)30-16-6-8-23(30)27(36)31-17-5-7-22(31)24(33)14-15-25(34)29-21(28(37)38)18-19-10-12-20(32)13-11-19/h10-13,21-23,32H,2-9,14-18H2,1H3,(H,29,34)(H,37,38)/t21-,22-,23-/m0/s1. The Morgan fingerprint density at radius 3 is 2.24 bits per heavy atom. The molecule has 1 aromatic rings. The Labute approximate surface area is 223 Å². The van der Waals surface area contributed by atoms with Crippen LogP contribution >= 0.6 is 0 Å². The van der Waals surface area contributed by atoms with Gasteiger partial charge in [-0.3, -0.25) is 19.2 Å². The van der Waals surface area contributed by atoms with Gasteiger partial charge >= 0.3 is 5.97 Å². The lowest BCUT2D eigenvalue weighted by molar-refractivity contribution is -0.146. The first-order valence-corrected chi connectivity index (χ1v) is 13.6. The van der Waals surface area contributed by atoms with Gasteiger partial charge in [-0.1, -0.05) is 31.9 Å². The van der Waals surface area contributed by atoms with Gasteiger partial charge in [-0.25, -0.2) is 4.79 Å². The monoisotopic (exact) mass is 529 g/mol. The molecule has 1 aromatic carbocycles. The molecule has 2 aliphatic heterocycles. The molecule has 0 bridgehead atoms. The van der Waals surface area contributed by atoms with Gasteiger partial charge in [0.05, 0.1) is 6.04 Å². The Hall–Kier alpha value is -3.43. The fraction of sp³-hybridized carbons (Fsp3) is 0.607. The number of unbranched alkanes of at least 4 members (excludes halogenated alkanes) is 2. The van der Waals surface area contributed by atoms with Gasteiger partial charge in [0.1, 0.15) is 17.8 Å². The smallest absolute Gasteiger partial charge is 0.326 e. The van der Waals surface area contributed by atoms with E-state index in [2.05, 4.69) is 12.2 Å². The number of carbonyl (C=O) groups excluding carboxylic acids is 4. The number of likely N-dealkylation sites (tertiary alicyclic amines) is 2. The van der Waals surface area contributed by atoms with Crippen molar-refractivity contribution in [1.82, 2.24) is 15.1 Å². The quantitative estimate of drug-likeness (QED) is 0.333. The molecule has 2 fully saturated rings. The summed E-state index contributed by atoms with van der Waals surface area (Å²) in [7, 11) is 0. The number of nitrogens with one attached hydrogen (secondary N) is 1. The summed E-state index contributed by atoms with van der Waals surface area (Å²) in [5.74, 6) is -2.12. The van der Waals surface area contributed by atoms with Crippen LogP contribution in [-0.2, 0) is 30.4 Å². The van der Waals surface area contributed by atoms with Gasteiger partial charge in [-0.2, -0.15) is 0 Å². The SMILES string of the molecule is CCCCCC(=O)N1CCC[C@H]1C(=O)N1CCC[C@H]1C(=O)CCC(=O)N[C@@H](Cc1ccc(O)cc1)C(=O)O. The molecule has 3 amide bonds. The molecule has 3 rings (SSSR count). The Morgan fingerprint density at radius 1 is 0.921 bits per heavy atom. The van der Waals surface area contributed by atoms with Crippen molar-refractivity contribution in [1.29, 1.82) is 0 Å². The number of benzene rings is 1. The van der Waals surface area contributed by atoms with Crippen LogP contribution in [0, 0.1) is 0 Å². The molecule has 2 aliphatic rings. The van der Waals surface area contributed by atoms with Crippen molar-refractivity contribution < 1.29 is 34.2 Å². The van der Waals surface area contributed by atoms with E-state index in [9.17, 15) is 34.2 Å². The van der Waals surface area contributed by atoms with Crippen LogP contribution < -0.4 is 5.32 Å². The number of hydrogen-bond donors (Lipinski definition) is 3. The highest BCUT2D eigenvalue weighted by molar-refractivity contribution is 5.95. The van der Waals surface area contributed by atoms with Crippen molar-refractivity contribution in [2.75, 3.05) is 13.1 Å². The number of ketones is 1. The van der Waals surface area contributed by atoms with Crippen molar-refractivity contribution >= 4 is 29.5 Å². The van der Waals surface area contributed by atoms with Crippen molar-refractivity contribution in [3.8, 4) is 5.75 Å². The van der Waals surface area contributed by atoms with Crippen LogP contribution in [0.3, 0.4) is 0 Å². The number of carbonyl (C=O) groups is 5. The zero-order chi connectivity index (χ0) is 27.7. The normalized spacial score (nSPS) is 19.8. The minimum atomic E-state index is -1.20. The number of aromatic hydroxyl groups is 1. The molecule has 0 unspecified atom stereocenters. The van der Waals surface area contributed by atoms with E-state index in [0.717, 1.165) is 25.7 Å². The second-order valence-electron chi connectivity index (χ2n) is 10.2. The van der Waals surface area contributed by atoms with E-state index < -0.39 is 30.0 Å². The lowest BCUT2D eigenvalue weighted by Gasteiger charge is -2.31. The van der Waals surface area contributed by atoms with Crippen LogP contribution in [0.2, 0.25) is 0 Å². The lowest BCUT2D eigenvalue weighted by atomic mass is 10.0. The number of nitrogens with zero attached hydrogens (tertiary/aromatic N) is 2. The summed E-state index contributed by atoms with van der Waals surface area (Å²) < 4.78 is 0. The molecule has 0 saturated carbocycles. The van der Waals surface area contributed by atoms with Crippen molar-refractivity contribution in [3.05, 3.63) is 29.8 Å². The molecule has 10 nitrogen and oxygen atoms in total. The second kappa shape index (κ2) is 13.9. The molecule has 0 spiro atoms. The number of Topliss-reactive ketones (excluding diaryl/α,β-unsaturated/α-hetero) is 1. The molecular formula is C28H39N3O7. The molecular weight excluding hydrogens is 490 g/mol. The van der Waals surface area contributed by atoms with E-state index in [1.54, 1.807) is 21.9 Å². The third kappa shape index (κ3) is 7.79. The van der Waals surface area contributed by atoms with E-state index in [4.69, 9.17) is 0 Å². The number of phenols is 1. The average molecular weight is 530 g/mol. The van der Waals surface area contributed by atoms with Gasteiger partial charge in [0, 0.05) is 38.8 Å². The number of phenolic OH excluding ortho intramolecular Hbond substituents is 1. The third-order valence-electron chi connectivity index (χ3n) is 7.37. The number of amides is 3. The van der Waals surface area contributed by atoms with Gasteiger partial charge in [-0.15, -0.1) is 0 Å². The van der Waals surface area contributed by atoms with Crippen LogP contribution in [-0.4, -0.2) is 80.7 Å². The van der Waals surface area contributed by atoms with Gasteiger partial charge in [0.15, 0.2) is 5.78 Å². The molecule has 3 N–H and O–H groups in total. The van der Waals surface area contributed by atoms with Gasteiger partial charge in [-0.05, 0) is 49.8 Å². The topological polar surface area (TPSA) is 144 Å². The largest absolute Gasteiger partial charge is 0.508 e. The Kier molecular flexibility index (Phi) is 10.7. The molecule has 0 radical (unpaired) electrons. The maximum absolute atomic E-state index is 13.4. The fourth-order valence-electron chi connectivity index (χ4n) is 5.29. The molecule has 2 heterocycles. The van der Waals surface area contributed by atoms with Crippen molar-refractivity contribution in [3.63, 3.8) is 0 Å². The molecule has 2 saturated heterocycles. The zero-order valence-corrected chi connectivity index (χ0v) is 22.1. The van der Waals surface area contributed by atoms with Crippen LogP contribution in [0.15, 0.2) is 24.3 Å². The van der Waals surface area contributed by atoms with E-state index in [1.165, 1.54) is 12.1 Å². The number of rotatable bonds is 13. The Bertz CT molecular complexity index is 1010. The molecule has 208 valence electrons. The van der Waals surface area contributed by atoms with Crippen molar-refractivity contribution in [2.45, 2.75) is 95.7 Å². The van der Waals surface area contributed by atoms with Gasteiger partial charge < -0.3 is 25.3 Å². The summed E-state index contributed by atoms with van der Waals surface area (Å²) in [6, 6.07) is 3.72. The highest BCUT2D eigenvalue weighted by Crippen LogP contribution is 2.27. The van der Waals surface area contributed by atoms with E-state index in [0.29, 0.717) is 44.3 Å². The minimum absolute atomic E-state index is 0.00617. The summed E-state index contributed by atoms with van der Waals surface area (Å²) in [5, 5.41) is 21.4. The molecule has 3 atom stereocenters. The van der Waals surface area contributed by atoms with Crippen molar-refractivity contribution in [2.24, 2.45) is 0 Å². The molecule has 0 aromatic heterocycles. The molecule has 38 heavy (non-hydrogen) atoms. The van der Waals surface area contributed by atoms with Crippen LogP contribution in [0.5, 0.6) is 5.75 Å². The van der Waals surface area contributed by atoms with Gasteiger partial charge in [0.25, 0.3) is 0 Å². The highest BCUT2D eigenvalue weighted by Gasteiger charge is 2.41. The Morgan fingerprint density at radius 2 is 1.58 bits per heavy atom. The van der Waals surface area contributed by atoms with E-state index in [1.807, 2.05) is 0 Å². The summed E-state index contributed by atoms with van der Waals surface area (Å²) in [6.45, 7) is 3.08. The maximum atomic E-state index is 13.4. The summed E-state index contributed by atoms with van der Waals surface area (Å²) in [4.78, 5) is 66.5. The van der Waals surface area contributed by atoms with Crippen LogP contribution in [0.1, 0.15) is 76.7 Å². The average Bonchev–Trinajstić information content (AvgIpc) is 3.58. The predicted molar refractivity (Wildman–Crippen MR) is 139 cm³/mol. The van der Waals surface area contributed by atoms with Crippen LogP contribution in [0.4, 0.5) is 0 Å². The first kappa shape index (κ1) is 29.1. The van der Waals surface area contributed by atoms with Crippen LogP contribution in [0.25, 0.3) is 0 Å².